The number of carboxylic acids is 1. The van der Waals surface area contributed by atoms with Gasteiger partial charge in [0.2, 0.25) is 0 Å². The van der Waals surface area contributed by atoms with E-state index >= 15 is 0 Å². The van der Waals surface area contributed by atoms with Crippen molar-refractivity contribution >= 4 is 33.5 Å². The van der Waals surface area contributed by atoms with Crippen molar-refractivity contribution in [3.8, 4) is 22.7 Å². The van der Waals surface area contributed by atoms with Gasteiger partial charge < -0.3 is 9.84 Å². The number of ether oxygens (including phenoxy) is 1. The van der Waals surface area contributed by atoms with Crippen molar-refractivity contribution in [3.63, 3.8) is 0 Å². The smallest absolute Gasteiger partial charge is 0.476 e. The molecule has 0 spiro atoms. The molecule has 0 aliphatic rings. The van der Waals surface area contributed by atoms with Crippen molar-refractivity contribution < 1.29 is 27.8 Å². The summed E-state index contributed by atoms with van der Waals surface area (Å²) in [5.74, 6) is -1.77. The Balaban J connectivity index is 2.18. The van der Waals surface area contributed by atoms with Gasteiger partial charge >= 0.3 is 12.3 Å². The number of benzene rings is 1. The van der Waals surface area contributed by atoms with Crippen LogP contribution in [0.15, 0.2) is 47.2 Å². The number of hydrogen-bond acceptors (Lipinski definition) is 4. The summed E-state index contributed by atoms with van der Waals surface area (Å²) >= 11 is 9.03. The molecule has 0 radical (unpaired) electrons. The van der Waals surface area contributed by atoms with E-state index in [9.17, 15) is 23.1 Å². The molecule has 0 aliphatic carbocycles. The number of carboxylic acid groups (broad SMARTS) is 1. The molecule has 0 bridgehead atoms. The van der Waals surface area contributed by atoms with Crippen molar-refractivity contribution in [2.75, 3.05) is 0 Å². The predicted octanol–water partition coefficient (Wildman–Crippen LogP) is 4.95. The first-order valence-corrected chi connectivity index (χ1v) is 8.30. The van der Waals surface area contributed by atoms with Gasteiger partial charge in [0.15, 0.2) is 5.69 Å². The van der Waals surface area contributed by atoms with Gasteiger partial charge in [-0.2, -0.15) is 5.10 Å². The second-order valence-electron chi connectivity index (χ2n) is 5.22. The normalized spacial score (nSPS) is 11.4. The van der Waals surface area contributed by atoms with Crippen LogP contribution in [0.4, 0.5) is 13.2 Å². The number of nitrogens with zero attached hydrogens (tertiary/aromatic N) is 3. The van der Waals surface area contributed by atoms with Crippen LogP contribution in [0.25, 0.3) is 16.9 Å². The van der Waals surface area contributed by atoms with Crippen LogP contribution < -0.4 is 4.74 Å². The molecule has 0 unspecified atom stereocenters. The molecule has 0 amide bonds. The molecule has 3 rings (SSSR count). The second-order valence-corrected chi connectivity index (χ2v) is 6.57. The van der Waals surface area contributed by atoms with Gasteiger partial charge in [-0.15, -0.1) is 13.2 Å². The predicted molar refractivity (Wildman–Crippen MR) is 93.1 cm³/mol. The van der Waals surface area contributed by atoms with Gasteiger partial charge in [0.05, 0.1) is 22.6 Å². The van der Waals surface area contributed by atoms with Crippen molar-refractivity contribution in [2.45, 2.75) is 6.36 Å². The van der Waals surface area contributed by atoms with Gasteiger partial charge in [0.25, 0.3) is 0 Å². The van der Waals surface area contributed by atoms with Gasteiger partial charge in [-0.3, -0.25) is 4.98 Å². The number of rotatable bonds is 4. The summed E-state index contributed by atoms with van der Waals surface area (Å²) < 4.78 is 43.1. The van der Waals surface area contributed by atoms with E-state index in [2.05, 4.69) is 30.7 Å². The topological polar surface area (TPSA) is 77.2 Å². The molecule has 0 fully saturated rings. The van der Waals surface area contributed by atoms with Crippen LogP contribution in [0.3, 0.4) is 0 Å². The minimum absolute atomic E-state index is 0.213. The average Bonchev–Trinajstić information content (AvgIpc) is 2.98. The van der Waals surface area contributed by atoms with Crippen molar-refractivity contribution in [1.82, 2.24) is 14.8 Å². The van der Waals surface area contributed by atoms with Crippen LogP contribution in [0.1, 0.15) is 10.5 Å². The lowest BCUT2D eigenvalue weighted by Gasteiger charge is -2.12. The third-order valence-corrected chi connectivity index (χ3v) is 3.93. The lowest BCUT2D eigenvalue weighted by molar-refractivity contribution is -0.274. The first-order chi connectivity index (χ1) is 12.6. The van der Waals surface area contributed by atoms with Gasteiger partial charge in [-0.25, -0.2) is 9.48 Å². The van der Waals surface area contributed by atoms with Crippen molar-refractivity contribution in [3.05, 3.63) is 57.9 Å². The van der Waals surface area contributed by atoms with E-state index in [4.69, 9.17) is 11.6 Å². The van der Waals surface area contributed by atoms with Crippen LogP contribution in [0.2, 0.25) is 5.02 Å². The maximum Gasteiger partial charge on any atom is 0.573 e. The van der Waals surface area contributed by atoms with Crippen LogP contribution >= 0.6 is 27.5 Å². The molecule has 6 nitrogen and oxygen atoms in total. The summed E-state index contributed by atoms with van der Waals surface area (Å²) in [6.45, 7) is 0. The number of alkyl halides is 3. The fourth-order valence-corrected chi connectivity index (χ4v) is 2.95. The highest BCUT2D eigenvalue weighted by atomic mass is 79.9. The molecule has 2 aromatic heterocycles. The largest absolute Gasteiger partial charge is 0.573 e. The number of aromatic nitrogens is 3. The molecular formula is C16H8BrClF3N3O3. The molecule has 0 atom stereocenters. The Morgan fingerprint density at radius 3 is 2.56 bits per heavy atom. The molecule has 0 saturated carbocycles. The Kier molecular flexibility index (Phi) is 5.11. The molecule has 140 valence electrons. The number of aromatic carboxylic acids is 1. The molecule has 11 heteroatoms. The molecule has 2 heterocycles. The van der Waals surface area contributed by atoms with E-state index in [0.29, 0.717) is 10.2 Å². The van der Waals surface area contributed by atoms with E-state index in [1.165, 1.54) is 35.3 Å². The number of carbonyl (C=O) groups is 1. The Labute approximate surface area is 163 Å². The van der Waals surface area contributed by atoms with E-state index in [0.717, 1.165) is 12.1 Å². The SMILES string of the molecule is O=C(O)c1cc(-c2cc(Br)cc(OC(F)(F)F)c2)n(-c2cncc(Cl)c2)n1. The molecule has 27 heavy (non-hydrogen) atoms. The van der Waals surface area contributed by atoms with E-state index in [1.54, 1.807) is 0 Å². The summed E-state index contributed by atoms with van der Waals surface area (Å²) in [5.41, 5.74) is 0.486. The monoisotopic (exact) mass is 461 g/mol. The van der Waals surface area contributed by atoms with Crippen LogP contribution in [-0.2, 0) is 0 Å². The van der Waals surface area contributed by atoms with Crippen molar-refractivity contribution in [2.24, 2.45) is 0 Å². The molecule has 1 N–H and O–H groups in total. The molecular weight excluding hydrogens is 455 g/mol. The van der Waals surface area contributed by atoms with Gasteiger partial charge in [-0.05, 0) is 30.3 Å². The number of hydrogen-bond donors (Lipinski definition) is 1. The van der Waals surface area contributed by atoms with E-state index in [1.807, 2.05) is 0 Å². The molecule has 0 aliphatic heterocycles. The fraction of sp³-hybridized carbons (Fsp3) is 0.0625. The Morgan fingerprint density at radius 2 is 1.93 bits per heavy atom. The minimum Gasteiger partial charge on any atom is -0.476 e. The minimum atomic E-state index is -4.87. The molecule has 1 aromatic carbocycles. The second kappa shape index (κ2) is 7.20. The zero-order valence-corrected chi connectivity index (χ0v) is 15.4. The van der Waals surface area contributed by atoms with E-state index < -0.39 is 18.1 Å². The third-order valence-electron chi connectivity index (χ3n) is 3.26. The summed E-state index contributed by atoms with van der Waals surface area (Å²) in [5, 5.41) is 13.5. The van der Waals surface area contributed by atoms with E-state index in [-0.39, 0.29) is 22.0 Å². The van der Waals surface area contributed by atoms with Crippen LogP contribution in [0, 0.1) is 0 Å². The maximum atomic E-state index is 12.6. The summed E-state index contributed by atoms with van der Waals surface area (Å²) in [4.78, 5) is 15.2. The van der Waals surface area contributed by atoms with Crippen molar-refractivity contribution in [1.29, 1.82) is 0 Å². The third kappa shape index (κ3) is 4.58. The first kappa shape index (κ1) is 19.2. The Morgan fingerprint density at radius 1 is 1.19 bits per heavy atom. The number of pyridine rings is 1. The first-order valence-electron chi connectivity index (χ1n) is 7.13. The van der Waals surface area contributed by atoms with Crippen LogP contribution in [-0.4, -0.2) is 32.2 Å². The fourth-order valence-electron chi connectivity index (χ4n) is 2.31. The summed E-state index contributed by atoms with van der Waals surface area (Å²) in [6.07, 6.45) is -2.11. The summed E-state index contributed by atoms with van der Waals surface area (Å²) in [6, 6.07) is 6.47. The van der Waals surface area contributed by atoms with Gasteiger partial charge in [0, 0.05) is 16.2 Å². The quantitative estimate of drug-likeness (QED) is 0.594. The zero-order valence-electron chi connectivity index (χ0n) is 13.0. The highest BCUT2D eigenvalue weighted by Gasteiger charge is 2.31. The average molecular weight is 463 g/mol. The Hall–Kier alpha value is -2.59. The lowest BCUT2D eigenvalue weighted by Crippen LogP contribution is -2.17. The zero-order chi connectivity index (χ0) is 19.8. The maximum absolute atomic E-state index is 12.6. The van der Waals surface area contributed by atoms with Gasteiger partial charge in [0.1, 0.15) is 5.75 Å². The van der Waals surface area contributed by atoms with Crippen LogP contribution in [0.5, 0.6) is 5.75 Å². The van der Waals surface area contributed by atoms with Gasteiger partial charge in [-0.1, -0.05) is 27.5 Å². The number of halogens is 5. The highest BCUT2D eigenvalue weighted by molar-refractivity contribution is 9.10. The standard InChI is InChI=1S/C16H8BrClF3N3O3/c17-9-1-8(2-12(3-9)27-16(19,20)21)14-5-13(15(25)26)23-24(14)11-4-10(18)6-22-7-11/h1-7H,(H,25,26). The Bertz CT molecular complexity index is 1020. The lowest BCUT2D eigenvalue weighted by atomic mass is 10.1. The molecule has 0 saturated heterocycles. The highest BCUT2D eigenvalue weighted by Crippen LogP contribution is 2.33. The summed E-state index contributed by atoms with van der Waals surface area (Å²) in [7, 11) is 0. The molecule has 3 aromatic rings.